The molecule has 0 saturated carbocycles. The first kappa shape index (κ1) is 19.0. The summed E-state index contributed by atoms with van der Waals surface area (Å²) >= 11 is 5.67. The number of carboxylic acid groups (broad SMARTS) is 1. The summed E-state index contributed by atoms with van der Waals surface area (Å²) in [6.07, 6.45) is 12.8. The predicted octanol–water partition coefficient (Wildman–Crippen LogP) is 5.82. The molecule has 0 radical (unpaired) electrons. The van der Waals surface area contributed by atoms with Gasteiger partial charge < -0.3 is 5.11 Å². The van der Waals surface area contributed by atoms with Crippen molar-refractivity contribution >= 4 is 17.6 Å². The second-order valence-electron chi connectivity index (χ2n) is 6.01. The molecule has 1 unspecified atom stereocenters. The minimum absolute atomic E-state index is 0.594. The molecule has 0 fully saturated rings. The summed E-state index contributed by atoms with van der Waals surface area (Å²) < 4.78 is 0. The van der Waals surface area contributed by atoms with Gasteiger partial charge in [0, 0.05) is 0 Å². The van der Waals surface area contributed by atoms with Gasteiger partial charge in [-0.3, -0.25) is 4.79 Å². The molecular weight excluding hydrogens is 296 g/mol. The van der Waals surface area contributed by atoms with Gasteiger partial charge in [-0.1, -0.05) is 81.7 Å². The maximum Gasteiger partial charge on any atom is 0.321 e. The van der Waals surface area contributed by atoms with Crippen molar-refractivity contribution in [3.05, 3.63) is 35.9 Å². The first-order chi connectivity index (χ1) is 10.7. The van der Waals surface area contributed by atoms with Crippen molar-refractivity contribution in [3.63, 3.8) is 0 Å². The molecule has 0 aliphatic rings. The molecule has 0 saturated heterocycles. The van der Waals surface area contributed by atoms with E-state index in [1.165, 1.54) is 56.9 Å². The molecule has 2 nitrogen and oxygen atoms in total. The van der Waals surface area contributed by atoms with Gasteiger partial charge >= 0.3 is 5.97 Å². The fourth-order valence-corrected chi connectivity index (χ4v) is 2.81. The minimum Gasteiger partial charge on any atom is -0.480 e. The highest BCUT2D eigenvalue weighted by molar-refractivity contribution is 6.29. The fraction of sp³-hybridized carbons (Fsp3) is 0.632. The third kappa shape index (κ3) is 9.83. The van der Waals surface area contributed by atoms with Crippen LogP contribution in [0.15, 0.2) is 30.3 Å². The van der Waals surface area contributed by atoms with Gasteiger partial charge in [0.25, 0.3) is 0 Å². The zero-order valence-corrected chi connectivity index (χ0v) is 14.2. The zero-order valence-electron chi connectivity index (χ0n) is 13.5. The van der Waals surface area contributed by atoms with E-state index >= 15 is 0 Å². The van der Waals surface area contributed by atoms with Crippen molar-refractivity contribution in [1.29, 1.82) is 0 Å². The molecule has 0 aromatic heterocycles. The predicted molar refractivity (Wildman–Crippen MR) is 93.6 cm³/mol. The summed E-state index contributed by atoms with van der Waals surface area (Å²) in [5.74, 6) is -0.892. The Kier molecular flexibility index (Phi) is 10.8. The van der Waals surface area contributed by atoms with Crippen LogP contribution in [0.3, 0.4) is 0 Å². The average Bonchev–Trinajstić information content (AvgIpc) is 2.53. The number of rotatable bonds is 13. The highest BCUT2D eigenvalue weighted by Gasteiger charge is 2.11. The summed E-state index contributed by atoms with van der Waals surface area (Å²) in [5, 5.41) is 7.96. The van der Waals surface area contributed by atoms with Gasteiger partial charge in [0.05, 0.1) is 0 Å². The van der Waals surface area contributed by atoms with Crippen molar-refractivity contribution < 1.29 is 9.90 Å². The lowest BCUT2D eigenvalue weighted by Gasteiger charge is -2.04. The number of aliphatic carboxylic acids is 1. The SMILES string of the molecule is O=C(O)C(Cl)CCCCCCCCCCCc1ccccc1. The Hall–Kier alpha value is -1.02. The summed E-state index contributed by atoms with van der Waals surface area (Å²) in [4.78, 5) is 10.5. The number of alkyl halides is 1. The number of halogens is 1. The number of unbranched alkanes of at least 4 members (excludes halogenated alkanes) is 8. The van der Waals surface area contributed by atoms with Crippen molar-refractivity contribution in [3.8, 4) is 0 Å². The lowest BCUT2D eigenvalue weighted by atomic mass is 10.0. The Bertz CT molecular complexity index is 392. The van der Waals surface area contributed by atoms with E-state index in [-0.39, 0.29) is 0 Å². The van der Waals surface area contributed by atoms with Crippen LogP contribution in [-0.4, -0.2) is 16.5 Å². The van der Waals surface area contributed by atoms with Crippen molar-refractivity contribution in [2.75, 3.05) is 0 Å². The molecule has 1 aromatic rings. The maximum atomic E-state index is 10.5. The van der Waals surface area contributed by atoms with Crippen LogP contribution < -0.4 is 0 Å². The number of hydrogen-bond donors (Lipinski definition) is 1. The number of aryl methyl sites for hydroxylation is 1. The van der Waals surface area contributed by atoms with Gasteiger partial charge in [0.15, 0.2) is 0 Å². The van der Waals surface area contributed by atoms with E-state index in [0.29, 0.717) is 6.42 Å². The Balaban J connectivity index is 1.81. The molecule has 1 atom stereocenters. The standard InChI is InChI=1S/C19H29ClO2/c20-18(19(21)22)16-12-7-5-3-1-2-4-6-9-13-17-14-10-8-11-15-17/h8,10-11,14-15,18H,1-7,9,12-13,16H2,(H,21,22). The Morgan fingerprint density at radius 2 is 1.36 bits per heavy atom. The third-order valence-corrected chi connectivity index (χ3v) is 4.44. The van der Waals surface area contributed by atoms with Crippen LogP contribution in [0.4, 0.5) is 0 Å². The lowest BCUT2D eigenvalue weighted by Crippen LogP contribution is -2.12. The maximum absolute atomic E-state index is 10.5. The molecule has 0 heterocycles. The molecule has 0 spiro atoms. The van der Waals surface area contributed by atoms with Crippen LogP contribution in [-0.2, 0) is 11.2 Å². The molecule has 3 heteroatoms. The first-order valence-corrected chi connectivity index (χ1v) is 9.04. The summed E-state index contributed by atoms with van der Waals surface area (Å²) in [7, 11) is 0. The quantitative estimate of drug-likeness (QED) is 0.366. The van der Waals surface area contributed by atoms with Crippen LogP contribution in [0.5, 0.6) is 0 Å². The van der Waals surface area contributed by atoms with Gasteiger partial charge in [0.1, 0.15) is 5.38 Å². The van der Waals surface area contributed by atoms with E-state index in [9.17, 15) is 4.79 Å². The molecule has 0 aliphatic carbocycles. The minimum atomic E-state index is -0.892. The van der Waals surface area contributed by atoms with Crippen LogP contribution >= 0.6 is 11.6 Å². The van der Waals surface area contributed by atoms with Gasteiger partial charge in [-0.2, -0.15) is 0 Å². The van der Waals surface area contributed by atoms with Gasteiger partial charge in [-0.05, 0) is 24.8 Å². The highest BCUT2D eigenvalue weighted by atomic mass is 35.5. The first-order valence-electron chi connectivity index (χ1n) is 8.61. The van der Waals surface area contributed by atoms with Gasteiger partial charge in [-0.25, -0.2) is 0 Å². The third-order valence-electron chi connectivity index (χ3n) is 4.03. The highest BCUT2D eigenvalue weighted by Crippen LogP contribution is 2.14. The second-order valence-corrected chi connectivity index (χ2v) is 6.54. The van der Waals surface area contributed by atoms with Crippen LogP contribution in [0.1, 0.15) is 69.8 Å². The van der Waals surface area contributed by atoms with Crippen LogP contribution in [0.25, 0.3) is 0 Å². The normalized spacial score (nSPS) is 12.2. The molecule has 22 heavy (non-hydrogen) atoms. The number of hydrogen-bond acceptors (Lipinski definition) is 1. The molecule has 1 rings (SSSR count). The average molecular weight is 325 g/mol. The molecule has 1 N–H and O–H groups in total. The Labute approximate surface area is 139 Å². The summed E-state index contributed by atoms with van der Waals surface area (Å²) in [5.41, 5.74) is 1.45. The van der Waals surface area contributed by atoms with Crippen LogP contribution in [0, 0.1) is 0 Å². The fourth-order valence-electron chi connectivity index (χ4n) is 2.66. The number of carboxylic acids is 1. The Morgan fingerprint density at radius 1 is 0.864 bits per heavy atom. The lowest BCUT2D eigenvalue weighted by molar-refractivity contribution is -0.136. The van der Waals surface area contributed by atoms with Gasteiger partial charge in [-0.15, -0.1) is 11.6 Å². The van der Waals surface area contributed by atoms with E-state index < -0.39 is 11.3 Å². The molecular formula is C19H29ClO2. The number of benzene rings is 1. The van der Waals surface area contributed by atoms with E-state index in [0.717, 1.165) is 12.8 Å². The monoisotopic (exact) mass is 324 g/mol. The smallest absolute Gasteiger partial charge is 0.321 e. The van der Waals surface area contributed by atoms with E-state index in [1.807, 2.05) is 0 Å². The molecule has 0 amide bonds. The molecule has 1 aromatic carbocycles. The Morgan fingerprint density at radius 3 is 1.91 bits per heavy atom. The molecule has 0 bridgehead atoms. The molecule has 0 aliphatic heterocycles. The second kappa shape index (κ2) is 12.5. The largest absolute Gasteiger partial charge is 0.480 e. The summed E-state index contributed by atoms with van der Waals surface area (Å²) in [6.45, 7) is 0. The number of carbonyl (C=O) groups is 1. The zero-order chi connectivity index (χ0) is 16.0. The topological polar surface area (TPSA) is 37.3 Å². The van der Waals surface area contributed by atoms with Crippen molar-refractivity contribution in [1.82, 2.24) is 0 Å². The summed E-state index contributed by atoms with van der Waals surface area (Å²) in [6, 6.07) is 10.7. The van der Waals surface area contributed by atoms with Gasteiger partial charge in [0.2, 0.25) is 0 Å². The molecule has 124 valence electrons. The van der Waals surface area contributed by atoms with Crippen molar-refractivity contribution in [2.45, 2.75) is 76.0 Å². The van der Waals surface area contributed by atoms with E-state index in [4.69, 9.17) is 16.7 Å². The van der Waals surface area contributed by atoms with Crippen LogP contribution in [0.2, 0.25) is 0 Å². The van der Waals surface area contributed by atoms with E-state index in [1.54, 1.807) is 0 Å². The van der Waals surface area contributed by atoms with Crippen molar-refractivity contribution in [2.24, 2.45) is 0 Å². The van der Waals surface area contributed by atoms with E-state index in [2.05, 4.69) is 30.3 Å².